The number of ketones is 2. The van der Waals surface area contributed by atoms with Gasteiger partial charge in [0.25, 0.3) is 0 Å². The number of aliphatic hydroxyl groups excluding tert-OH is 1. The summed E-state index contributed by atoms with van der Waals surface area (Å²) in [6.07, 6.45) is 8.12. The number of anilines is 1. The molecule has 2 heterocycles. The van der Waals surface area contributed by atoms with Crippen LogP contribution in [0.3, 0.4) is 0 Å². The van der Waals surface area contributed by atoms with Gasteiger partial charge in [0.15, 0.2) is 36.4 Å². The number of nitrogens with zero attached hydrogens (tertiary/aromatic N) is 3. The lowest BCUT2D eigenvalue weighted by Gasteiger charge is -2.62. The van der Waals surface area contributed by atoms with E-state index in [0.717, 1.165) is 31.9 Å². The van der Waals surface area contributed by atoms with Crippen LogP contribution in [0.25, 0.3) is 10.9 Å². The fourth-order valence-electron chi connectivity index (χ4n) is 13.2. The summed E-state index contributed by atoms with van der Waals surface area (Å²) in [6, 6.07) is 6.63. The molecule has 6 aliphatic rings. The first-order valence-electron chi connectivity index (χ1n) is 25.0. The molecule has 2 aromatic carbocycles. The van der Waals surface area contributed by atoms with Gasteiger partial charge in [-0.3, -0.25) is 19.3 Å². The number of allylic oxidation sites excluding steroid dienone is 4. The highest BCUT2D eigenvalue weighted by molar-refractivity contribution is 6.01. The minimum absolute atomic E-state index is 0.00223. The predicted octanol–water partition coefficient (Wildman–Crippen LogP) is 6.38. The SMILES string of the molecule is COc1c(N2CCN(CCCCOCOC(=O)c3ccc(C(=O)OCC(=O)[C@@]4(O)[C@H](C)C[C@H]5C6CCC7=CC(=O)C=C[C@]7(C)[C@@]6(F)[C@@H](O)C[C@@]54C)cc3)C(C)C2)c(F)cc2c(=O)c(C(=O)O)cn(C3CC3)c12. The number of carbonyl (C=O) groups excluding carboxylic acids is 4. The number of aliphatic hydroxyl groups is 2. The molecule has 18 heteroatoms. The van der Waals surface area contributed by atoms with Gasteiger partial charge in [-0.2, -0.15) is 0 Å². The number of halogens is 2. The Morgan fingerprint density at radius 1 is 0.944 bits per heavy atom. The third kappa shape index (κ3) is 8.35. The van der Waals surface area contributed by atoms with Crippen LogP contribution >= 0.6 is 0 Å². The predicted molar refractivity (Wildman–Crippen MR) is 258 cm³/mol. The van der Waals surface area contributed by atoms with E-state index in [9.17, 15) is 44.1 Å². The summed E-state index contributed by atoms with van der Waals surface area (Å²) in [6.45, 7) is 8.79. The van der Waals surface area contributed by atoms with Crippen LogP contribution in [0.15, 0.2) is 65.1 Å². The molecule has 3 N–H and O–H groups in total. The maximum absolute atomic E-state index is 17.5. The monoisotopic (exact) mass is 999 g/mol. The van der Waals surface area contributed by atoms with Gasteiger partial charge in [-0.25, -0.2) is 23.2 Å². The third-order valence-corrected chi connectivity index (χ3v) is 17.2. The number of carboxylic acids is 1. The lowest BCUT2D eigenvalue weighted by molar-refractivity contribution is -0.219. The molecule has 72 heavy (non-hydrogen) atoms. The molecule has 386 valence electrons. The number of aromatic carboxylic acids is 1. The number of rotatable bonds is 16. The van der Waals surface area contributed by atoms with Gasteiger partial charge in [0.05, 0.1) is 41.9 Å². The van der Waals surface area contributed by atoms with Crippen LogP contribution in [0, 0.1) is 34.4 Å². The molecule has 1 aliphatic heterocycles. The molecule has 0 bridgehead atoms. The van der Waals surface area contributed by atoms with Crippen molar-refractivity contribution in [3.8, 4) is 5.75 Å². The summed E-state index contributed by atoms with van der Waals surface area (Å²) in [5.74, 6) is -6.12. The van der Waals surface area contributed by atoms with E-state index in [2.05, 4.69) is 4.90 Å². The van der Waals surface area contributed by atoms with Crippen molar-refractivity contribution in [3.05, 3.63) is 93.1 Å². The summed E-state index contributed by atoms with van der Waals surface area (Å²) in [5.41, 5.74) is -6.28. The average molecular weight is 1000 g/mol. The highest BCUT2D eigenvalue weighted by Crippen LogP contribution is 2.70. The number of methoxy groups -OCH3 is 1. The minimum Gasteiger partial charge on any atom is -0.492 e. The number of piperazine rings is 1. The Morgan fingerprint density at radius 3 is 2.29 bits per heavy atom. The second-order valence-electron chi connectivity index (χ2n) is 21.2. The molecule has 1 saturated heterocycles. The lowest BCUT2D eigenvalue weighted by Crippen LogP contribution is -2.69. The highest BCUT2D eigenvalue weighted by atomic mass is 19.1. The maximum Gasteiger partial charge on any atom is 0.341 e. The Morgan fingerprint density at radius 2 is 1.64 bits per heavy atom. The van der Waals surface area contributed by atoms with Crippen molar-refractivity contribution >= 4 is 46.1 Å². The summed E-state index contributed by atoms with van der Waals surface area (Å²) < 4.78 is 57.2. The topological polar surface area (TPSA) is 211 Å². The van der Waals surface area contributed by atoms with E-state index in [1.807, 2.05) is 11.8 Å². The normalized spacial score (nSPS) is 31.1. The molecule has 9 atom stereocenters. The molecular formula is C54H63F2N3O13. The van der Waals surface area contributed by atoms with Crippen molar-refractivity contribution < 1.29 is 67.0 Å². The zero-order valence-electron chi connectivity index (χ0n) is 41.3. The molecule has 0 amide bonds. The maximum atomic E-state index is 17.5. The van der Waals surface area contributed by atoms with Gasteiger partial charge in [0.1, 0.15) is 16.9 Å². The Kier molecular flexibility index (Phi) is 13.6. The Balaban J connectivity index is 0.714. The molecule has 16 nitrogen and oxygen atoms in total. The molecule has 1 aromatic heterocycles. The quantitative estimate of drug-likeness (QED) is 0.0808. The Labute approximate surface area is 415 Å². The Bertz CT molecular complexity index is 2830. The first-order chi connectivity index (χ1) is 34.2. The minimum atomic E-state index is -2.12. The zero-order valence-corrected chi connectivity index (χ0v) is 41.3. The number of pyridine rings is 1. The second kappa shape index (κ2) is 19.2. The first kappa shape index (κ1) is 51.1. The molecule has 5 aliphatic carbocycles. The smallest absolute Gasteiger partial charge is 0.341 e. The lowest BCUT2D eigenvalue weighted by atomic mass is 9.44. The number of benzene rings is 2. The third-order valence-electron chi connectivity index (χ3n) is 17.2. The molecule has 5 fully saturated rings. The highest BCUT2D eigenvalue weighted by Gasteiger charge is 2.75. The summed E-state index contributed by atoms with van der Waals surface area (Å²) in [7, 11) is 1.42. The number of Topliss-reactive ketones (excluding diaryl/α,β-unsaturated/α-hetero) is 1. The van der Waals surface area contributed by atoms with Crippen molar-refractivity contribution in [1.82, 2.24) is 9.47 Å². The second-order valence-corrected chi connectivity index (χ2v) is 21.2. The van der Waals surface area contributed by atoms with Crippen LogP contribution in [0.5, 0.6) is 5.75 Å². The van der Waals surface area contributed by atoms with Gasteiger partial charge >= 0.3 is 17.9 Å². The van der Waals surface area contributed by atoms with Crippen LogP contribution in [0.4, 0.5) is 14.5 Å². The van der Waals surface area contributed by atoms with E-state index in [1.165, 1.54) is 49.7 Å². The van der Waals surface area contributed by atoms with E-state index in [4.69, 9.17) is 18.9 Å². The molecular weight excluding hydrogens is 937 g/mol. The summed E-state index contributed by atoms with van der Waals surface area (Å²) >= 11 is 0. The van der Waals surface area contributed by atoms with Gasteiger partial charge in [-0.15, -0.1) is 0 Å². The van der Waals surface area contributed by atoms with Crippen LogP contribution in [0.1, 0.15) is 116 Å². The number of alkyl halides is 1. The zero-order chi connectivity index (χ0) is 51.7. The van der Waals surface area contributed by atoms with E-state index < -0.39 is 93.1 Å². The number of carbonyl (C=O) groups is 5. The molecule has 3 aromatic rings. The largest absolute Gasteiger partial charge is 0.492 e. The Hall–Kier alpha value is -5.82. The number of unbranched alkanes of at least 4 members (excludes halogenated alkanes) is 1. The van der Waals surface area contributed by atoms with Crippen molar-refractivity contribution in [3.63, 3.8) is 0 Å². The van der Waals surface area contributed by atoms with Crippen molar-refractivity contribution in [2.45, 2.75) is 109 Å². The number of fused-ring (bicyclic) bond motifs is 6. The van der Waals surface area contributed by atoms with Crippen LogP contribution in [-0.4, -0.2) is 131 Å². The van der Waals surface area contributed by atoms with E-state index >= 15 is 8.78 Å². The van der Waals surface area contributed by atoms with Gasteiger partial charge in [0, 0.05) is 54.7 Å². The van der Waals surface area contributed by atoms with Crippen molar-refractivity contribution in [1.29, 1.82) is 0 Å². The van der Waals surface area contributed by atoms with Crippen LogP contribution in [-0.2, 0) is 23.8 Å². The average Bonchev–Trinajstić information content (AvgIpc) is 4.18. The van der Waals surface area contributed by atoms with Gasteiger partial charge in [-0.05, 0) is 126 Å². The van der Waals surface area contributed by atoms with Gasteiger partial charge in [0.2, 0.25) is 11.2 Å². The number of hydrogen-bond acceptors (Lipinski definition) is 14. The summed E-state index contributed by atoms with van der Waals surface area (Å²) in [5, 5.41) is 33.5. The van der Waals surface area contributed by atoms with E-state index in [0.29, 0.717) is 63.0 Å². The standard InChI is InChI=1S/C54H63F2N3O13/c1-30-22-40-39-15-12-34-23-36(60)16-17-51(34,3)53(39,56)42(61)25-52(40,4)54(30,68)43(62)28-71-49(66)32-8-10-33(11-9-32)50(67)72-29-70-21-7-6-18-57-19-20-58(26-31(57)2)45-41(55)24-37-44(47(45)69-5)59(35-13-14-35)27-38(46(37)63)48(64)65/h8-11,16-17,23-24,27,30-31,35,39-40,42,61,68H,6-7,12-15,18-22,25-26,28-29H2,1-5H3,(H,64,65)/t30-,31?,39?,40+,42+,51+,52+,53+,54+/m1/s1. The summed E-state index contributed by atoms with van der Waals surface area (Å²) in [4.78, 5) is 81.2. The molecule has 0 radical (unpaired) electrons. The molecule has 2 unspecified atom stereocenters. The first-order valence-corrected chi connectivity index (χ1v) is 25.0. The molecule has 0 spiro atoms. The fraction of sp³-hybridized carbons (Fsp3) is 0.556. The number of aromatic nitrogens is 1. The van der Waals surface area contributed by atoms with Crippen molar-refractivity contribution in [2.75, 3.05) is 58.2 Å². The van der Waals surface area contributed by atoms with E-state index in [-0.39, 0.29) is 59.0 Å². The van der Waals surface area contributed by atoms with Crippen LogP contribution < -0.4 is 15.1 Å². The molecule has 9 rings (SSSR count). The van der Waals surface area contributed by atoms with Crippen molar-refractivity contribution in [2.24, 2.45) is 28.6 Å². The number of hydrogen-bond donors (Lipinski definition) is 3. The van der Waals surface area contributed by atoms with Gasteiger partial charge in [-0.1, -0.05) is 25.5 Å². The number of ether oxygens (including phenoxy) is 4. The van der Waals surface area contributed by atoms with E-state index in [1.54, 1.807) is 31.4 Å². The fourth-order valence-corrected chi connectivity index (χ4v) is 13.2. The molecule has 4 saturated carbocycles. The van der Waals surface area contributed by atoms with Gasteiger partial charge < -0.3 is 43.7 Å². The number of carboxylic acid groups (broad SMARTS) is 1. The van der Waals surface area contributed by atoms with Crippen LogP contribution in [0.2, 0.25) is 0 Å². The number of esters is 2.